The predicted molar refractivity (Wildman–Crippen MR) is 194 cm³/mol. The first-order valence-corrected chi connectivity index (χ1v) is 17.6. The van der Waals surface area contributed by atoms with Crippen LogP contribution in [0, 0.1) is 0 Å². The number of hydrogen-bond acceptors (Lipinski definition) is 14. The first-order chi connectivity index (χ1) is 26.7. The quantitative estimate of drug-likeness (QED) is 0.0271. The number of hydrogen-bond donors (Lipinski definition) is 12. The fourth-order valence-corrected chi connectivity index (χ4v) is 4.20. The third-order valence-corrected chi connectivity index (χ3v) is 7.35. The summed E-state index contributed by atoms with van der Waals surface area (Å²) < 4.78 is 4.77. The Hall–Kier alpha value is -6.40. The highest BCUT2D eigenvalue weighted by Gasteiger charge is 2.28. The van der Waals surface area contributed by atoms with Crippen LogP contribution in [0.5, 0.6) is 0 Å². The lowest BCUT2D eigenvalue weighted by atomic mass is 10.1. The van der Waals surface area contributed by atoms with Gasteiger partial charge in [0.15, 0.2) is 6.10 Å². The van der Waals surface area contributed by atoms with E-state index in [1.165, 1.54) is 20.8 Å². The van der Waals surface area contributed by atoms with Gasteiger partial charge in [-0.1, -0.05) is 0 Å². The summed E-state index contributed by atoms with van der Waals surface area (Å²) in [4.78, 5) is 143. The monoisotopic (exact) mass is 815 g/mol. The number of esters is 1. The van der Waals surface area contributed by atoms with Crippen molar-refractivity contribution in [2.75, 3.05) is 39.3 Å². The van der Waals surface area contributed by atoms with E-state index in [4.69, 9.17) is 21.3 Å². The Kier molecular flexibility index (Phi) is 24.2. The van der Waals surface area contributed by atoms with Crippen molar-refractivity contribution >= 4 is 71.0 Å². The highest BCUT2D eigenvalue weighted by Crippen LogP contribution is 2.06. The summed E-state index contributed by atoms with van der Waals surface area (Å²) in [6.07, 6.45) is -1.76. The molecule has 14 N–H and O–H groups in total. The minimum atomic E-state index is -1.51. The zero-order valence-electron chi connectivity index (χ0n) is 32.1. The first-order valence-electron chi connectivity index (χ1n) is 17.6. The molecule has 10 amide bonds. The van der Waals surface area contributed by atoms with Crippen LogP contribution in [-0.4, -0.2) is 146 Å². The Morgan fingerprint density at radius 3 is 1.56 bits per heavy atom. The molecule has 0 aromatic carbocycles. The van der Waals surface area contributed by atoms with Crippen LogP contribution in [0.25, 0.3) is 0 Å². The van der Waals surface area contributed by atoms with Crippen molar-refractivity contribution in [2.45, 2.75) is 90.1 Å². The molecule has 0 radical (unpaired) electrons. The number of amides is 10. The number of carbonyl (C=O) groups is 12. The van der Waals surface area contributed by atoms with E-state index < -0.39 is 134 Å². The maximum atomic E-state index is 13.1. The zero-order valence-corrected chi connectivity index (χ0v) is 32.1. The molecule has 5 atom stereocenters. The lowest BCUT2D eigenvalue weighted by molar-refractivity contribution is -0.164. The topological polar surface area (TPSA) is 395 Å². The molecule has 0 aliphatic heterocycles. The van der Waals surface area contributed by atoms with Crippen LogP contribution in [0.4, 0.5) is 0 Å². The van der Waals surface area contributed by atoms with Crippen LogP contribution < -0.4 is 59.3 Å². The van der Waals surface area contributed by atoms with Crippen molar-refractivity contribution in [3.05, 3.63) is 0 Å². The van der Waals surface area contributed by atoms with E-state index in [1.54, 1.807) is 0 Å². The zero-order chi connectivity index (χ0) is 43.7. The van der Waals surface area contributed by atoms with Crippen molar-refractivity contribution in [1.82, 2.24) is 47.9 Å². The van der Waals surface area contributed by atoms with Crippen LogP contribution in [-0.2, 0) is 62.3 Å². The van der Waals surface area contributed by atoms with Gasteiger partial charge in [0, 0.05) is 19.9 Å². The van der Waals surface area contributed by atoms with E-state index in [1.807, 2.05) is 0 Å². The molecule has 0 rings (SSSR count). The third kappa shape index (κ3) is 23.9. The lowest BCUT2D eigenvalue weighted by Crippen LogP contribution is -2.53. The van der Waals surface area contributed by atoms with E-state index in [0.29, 0.717) is 0 Å². The minimum Gasteiger partial charge on any atom is -0.479 e. The van der Waals surface area contributed by atoms with E-state index in [-0.39, 0.29) is 38.8 Å². The highest BCUT2D eigenvalue weighted by atomic mass is 16.6. The van der Waals surface area contributed by atoms with Crippen molar-refractivity contribution < 1.29 is 67.4 Å². The van der Waals surface area contributed by atoms with Gasteiger partial charge in [-0.15, -0.1) is 0 Å². The molecule has 0 unspecified atom stereocenters. The molecule has 57 heavy (non-hydrogen) atoms. The Bertz CT molecular complexity index is 1490. The number of carboxylic acids is 1. The van der Waals surface area contributed by atoms with E-state index in [9.17, 15) is 57.5 Å². The number of unbranched alkanes of at least 4 members (excludes halogenated alkanes) is 1. The summed E-state index contributed by atoms with van der Waals surface area (Å²) in [6, 6.07) is -4.93. The smallest absolute Gasteiger partial charge is 0.344 e. The second kappa shape index (κ2) is 27.2. The van der Waals surface area contributed by atoms with Crippen LogP contribution >= 0.6 is 0 Å². The van der Waals surface area contributed by atoms with E-state index in [0.717, 1.165) is 6.92 Å². The first kappa shape index (κ1) is 50.6. The van der Waals surface area contributed by atoms with Crippen molar-refractivity contribution in [2.24, 2.45) is 11.5 Å². The molecule has 0 heterocycles. The molecule has 0 saturated heterocycles. The fraction of sp³-hybridized carbons (Fsp3) is 0.625. The van der Waals surface area contributed by atoms with Crippen LogP contribution in [0.15, 0.2) is 0 Å². The van der Waals surface area contributed by atoms with Gasteiger partial charge in [0.1, 0.15) is 24.2 Å². The maximum Gasteiger partial charge on any atom is 0.344 e. The Balaban J connectivity index is 5.07. The molecule has 0 saturated carbocycles. The number of rotatable bonds is 27. The number of carboxylic acid groups (broad SMARTS) is 1. The van der Waals surface area contributed by atoms with Crippen LogP contribution in [0.3, 0.4) is 0 Å². The Morgan fingerprint density at radius 1 is 0.579 bits per heavy atom. The van der Waals surface area contributed by atoms with Crippen molar-refractivity contribution in [1.29, 1.82) is 0 Å². The Morgan fingerprint density at radius 2 is 1.09 bits per heavy atom. The number of nitrogens with two attached hydrogens (primary N) is 2. The molecule has 25 nitrogen and oxygen atoms in total. The standard InChI is InChI=1S/C32H53N11O14/c1-16(40-19(4)44)29(52)43-20(28(34)51)8-9-22(45)42-21(30(53)41-17(2)32(56)57-18(3)31(54)55)7-5-6-10-35-24(47)12-37-26(49)14-39-27(50)15-38-25(48)13-36-23(46)11-33/h16-18,20-21H,5-15,33H2,1-4H3,(H2,34,51)(H,35,47)(H,36,46)(H,37,49)(H,38,48)(H,39,50)(H,40,44)(H,41,53)(H,42,45)(H,43,52)(H,54,55)/t16-,17+,18+,20+,21-/m0/s1. The minimum absolute atomic E-state index is 0.0375. The molecule has 0 spiro atoms. The summed E-state index contributed by atoms with van der Waals surface area (Å²) in [5.74, 6) is -9.57. The summed E-state index contributed by atoms with van der Waals surface area (Å²) in [7, 11) is 0. The summed E-state index contributed by atoms with van der Waals surface area (Å²) in [6.45, 7) is 2.79. The van der Waals surface area contributed by atoms with Gasteiger partial charge in [0.2, 0.25) is 59.1 Å². The van der Waals surface area contributed by atoms with Gasteiger partial charge >= 0.3 is 11.9 Å². The maximum absolute atomic E-state index is 13.1. The third-order valence-electron chi connectivity index (χ3n) is 7.35. The van der Waals surface area contributed by atoms with Crippen molar-refractivity contribution in [3.8, 4) is 0 Å². The molecule has 0 aliphatic carbocycles. The van der Waals surface area contributed by atoms with Crippen LogP contribution in [0.1, 0.15) is 59.8 Å². The lowest BCUT2D eigenvalue weighted by Gasteiger charge is -2.22. The van der Waals surface area contributed by atoms with Gasteiger partial charge in [-0.2, -0.15) is 0 Å². The SMILES string of the molecule is CC(=O)N[C@@H](C)C(=O)N[C@H](CCC(=O)N[C@@H](CCCCNC(=O)CNC(=O)CNC(=O)CNC(=O)CNC(=O)CN)C(=O)N[C@H](C)C(=O)O[C@H](C)C(=O)O)C(N)=O. The van der Waals surface area contributed by atoms with Gasteiger partial charge in [-0.05, 0) is 46.5 Å². The second-order valence-electron chi connectivity index (χ2n) is 12.3. The molecule has 25 heteroatoms. The van der Waals surface area contributed by atoms with Crippen LogP contribution in [0.2, 0.25) is 0 Å². The second-order valence-corrected chi connectivity index (χ2v) is 12.3. The molecule has 0 fully saturated rings. The van der Waals surface area contributed by atoms with Gasteiger partial charge in [-0.3, -0.25) is 47.9 Å². The van der Waals surface area contributed by atoms with Gasteiger partial charge in [0.25, 0.3) is 0 Å². The predicted octanol–water partition coefficient (Wildman–Crippen LogP) is -7.02. The summed E-state index contributed by atoms with van der Waals surface area (Å²) in [5, 5.41) is 29.9. The number of carbonyl (C=O) groups excluding carboxylic acids is 11. The average Bonchev–Trinajstić information content (AvgIpc) is 3.14. The molecule has 0 aromatic heterocycles. The number of primary amides is 1. The molecular formula is C32H53N11O14. The largest absolute Gasteiger partial charge is 0.479 e. The normalized spacial score (nSPS) is 13.0. The average molecular weight is 816 g/mol. The molecule has 0 aliphatic rings. The summed E-state index contributed by atoms with van der Waals surface area (Å²) >= 11 is 0. The van der Waals surface area contributed by atoms with E-state index in [2.05, 4.69) is 47.9 Å². The molecule has 320 valence electrons. The number of ether oxygens (including phenoxy) is 1. The number of aliphatic carboxylic acids is 1. The molecular weight excluding hydrogens is 762 g/mol. The Labute approximate surface area is 327 Å². The van der Waals surface area contributed by atoms with Crippen molar-refractivity contribution in [3.63, 3.8) is 0 Å². The van der Waals surface area contributed by atoms with E-state index >= 15 is 0 Å². The van der Waals surface area contributed by atoms with Gasteiger partial charge in [-0.25, -0.2) is 9.59 Å². The van der Waals surface area contributed by atoms with Gasteiger partial charge in [0.05, 0.1) is 32.7 Å². The molecule has 0 aromatic rings. The summed E-state index contributed by atoms with van der Waals surface area (Å²) in [5.41, 5.74) is 10.5. The van der Waals surface area contributed by atoms with Gasteiger partial charge < -0.3 is 69.2 Å². The molecule has 0 bridgehead atoms. The fourth-order valence-electron chi connectivity index (χ4n) is 4.20. The number of nitrogens with one attached hydrogen (secondary N) is 9. The highest BCUT2D eigenvalue weighted by molar-refractivity contribution is 5.93.